The van der Waals surface area contributed by atoms with E-state index >= 15 is 0 Å². The van der Waals surface area contributed by atoms with Crippen LogP contribution in [0.15, 0.2) is 24.3 Å². The van der Waals surface area contributed by atoms with Crippen molar-refractivity contribution in [1.29, 1.82) is 0 Å². The average molecular weight is 219 g/mol. The van der Waals surface area contributed by atoms with E-state index in [1.165, 1.54) is 24.8 Å². The summed E-state index contributed by atoms with van der Waals surface area (Å²) < 4.78 is 0. The summed E-state index contributed by atoms with van der Waals surface area (Å²) in [5.41, 5.74) is 2.06. The molecule has 2 heteroatoms. The first-order valence-electron chi connectivity index (χ1n) is 5.94. The van der Waals surface area contributed by atoms with Crippen LogP contribution in [0.25, 0.3) is 0 Å². The Morgan fingerprint density at radius 3 is 2.75 bits per heavy atom. The standard InChI is InChI=1S/C14H20O2/c1-3-4-5-7-12-8-6-9-13(10-12)11(2)14(15)16/h6,8-11H,3-5,7H2,1-2H3,(H,15,16)/p-1. The third-order valence-electron chi connectivity index (χ3n) is 2.87. The largest absolute Gasteiger partial charge is 0.550 e. The molecule has 1 aromatic rings. The van der Waals surface area contributed by atoms with Gasteiger partial charge in [-0.15, -0.1) is 0 Å². The van der Waals surface area contributed by atoms with Gasteiger partial charge in [0, 0.05) is 11.9 Å². The predicted molar refractivity (Wildman–Crippen MR) is 63.1 cm³/mol. The number of carboxylic acids is 1. The highest BCUT2D eigenvalue weighted by molar-refractivity contribution is 5.73. The van der Waals surface area contributed by atoms with Gasteiger partial charge in [0.05, 0.1) is 0 Å². The molecule has 0 spiro atoms. The number of hydrogen-bond donors (Lipinski definition) is 0. The third-order valence-corrected chi connectivity index (χ3v) is 2.87. The monoisotopic (exact) mass is 219 g/mol. The van der Waals surface area contributed by atoms with E-state index in [-0.39, 0.29) is 0 Å². The summed E-state index contributed by atoms with van der Waals surface area (Å²) >= 11 is 0. The minimum atomic E-state index is -1.01. The van der Waals surface area contributed by atoms with Crippen LogP contribution in [-0.2, 0) is 11.2 Å². The van der Waals surface area contributed by atoms with Crippen molar-refractivity contribution in [2.75, 3.05) is 0 Å². The van der Waals surface area contributed by atoms with Crippen LogP contribution < -0.4 is 5.11 Å². The van der Waals surface area contributed by atoms with Crippen LogP contribution in [0.2, 0.25) is 0 Å². The van der Waals surface area contributed by atoms with Crippen molar-refractivity contribution in [3.8, 4) is 0 Å². The van der Waals surface area contributed by atoms with E-state index in [2.05, 4.69) is 13.0 Å². The van der Waals surface area contributed by atoms with Crippen LogP contribution in [0.5, 0.6) is 0 Å². The molecule has 1 unspecified atom stereocenters. The summed E-state index contributed by atoms with van der Waals surface area (Å²) in [7, 11) is 0. The molecule has 0 aliphatic rings. The highest BCUT2D eigenvalue weighted by Crippen LogP contribution is 2.17. The van der Waals surface area contributed by atoms with Gasteiger partial charge in [0.2, 0.25) is 0 Å². The lowest BCUT2D eigenvalue weighted by Crippen LogP contribution is -2.28. The van der Waals surface area contributed by atoms with Crippen molar-refractivity contribution >= 4 is 5.97 Å². The van der Waals surface area contributed by atoms with Crippen molar-refractivity contribution in [2.45, 2.75) is 45.4 Å². The Bertz CT molecular complexity index is 344. The average Bonchev–Trinajstić information content (AvgIpc) is 2.29. The molecule has 0 aromatic heterocycles. The van der Waals surface area contributed by atoms with Gasteiger partial charge in [0.1, 0.15) is 0 Å². The Morgan fingerprint density at radius 2 is 2.12 bits per heavy atom. The van der Waals surface area contributed by atoms with Crippen molar-refractivity contribution in [3.05, 3.63) is 35.4 Å². The Labute approximate surface area is 97.3 Å². The van der Waals surface area contributed by atoms with Crippen LogP contribution in [0, 0.1) is 0 Å². The van der Waals surface area contributed by atoms with Gasteiger partial charge >= 0.3 is 0 Å². The smallest absolute Gasteiger partial charge is 0.0486 e. The normalized spacial score (nSPS) is 12.4. The number of unbranched alkanes of at least 4 members (excludes halogenated alkanes) is 2. The van der Waals surface area contributed by atoms with Crippen molar-refractivity contribution < 1.29 is 9.90 Å². The topological polar surface area (TPSA) is 40.1 Å². The Balaban J connectivity index is 2.67. The lowest BCUT2D eigenvalue weighted by molar-refractivity contribution is -0.307. The molecule has 0 N–H and O–H groups in total. The van der Waals surface area contributed by atoms with E-state index in [0.29, 0.717) is 0 Å². The number of hydrogen-bond acceptors (Lipinski definition) is 2. The highest BCUT2D eigenvalue weighted by atomic mass is 16.4. The molecule has 2 nitrogen and oxygen atoms in total. The molecule has 1 aromatic carbocycles. The number of rotatable bonds is 6. The van der Waals surface area contributed by atoms with E-state index in [1.807, 2.05) is 18.2 Å². The fourth-order valence-corrected chi connectivity index (χ4v) is 1.73. The SMILES string of the molecule is CCCCCc1cccc(C(C)C(=O)[O-])c1. The fourth-order valence-electron chi connectivity index (χ4n) is 1.73. The molecule has 16 heavy (non-hydrogen) atoms. The summed E-state index contributed by atoms with van der Waals surface area (Å²) in [6.07, 6.45) is 4.62. The third kappa shape index (κ3) is 3.69. The first kappa shape index (κ1) is 12.8. The Kier molecular flexibility index (Phi) is 5.03. The molecule has 0 bridgehead atoms. The van der Waals surface area contributed by atoms with Crippen molar-refractivity contribution in [1.82, 2.24) is 0 Å². The van der Waals surface area contributed by atoms with E-state index in [1.54, 1.807) is 6.92 Å². The van der Waals surface area contributed by atoms with E-state index in [0.717, 1.165) is 12.0 Å². The summed E-state index contributed by atoms with van der Waals surface area (Å²) in [5.74, 6) is -1.53. The number of carboxylic acid groups (broad SMARTS) is 1. The molecule has 0 aliphatic carbocycles. The predicted octanol–water partition coefficient (Wildman–Crippen LogP) is 2.27. The molecule has 0 radical (unpaired) electrons. The second-order valence-electron chi connectivity index (χ2n) is 4.24. The minimum Gasteiger partial charge on any atom is -0.550 e. The maximum absolute atomic E-state index is 10.8. The maximum atomic E-state index is 10.8. The first-order valence-corrected chi connectivity index (χ1v) is 5.94. The molecule has 1 atom stereocenters. The fraction of sp³-hybridized carbons (Fsp3) is 0.500. The van der Waals surface area contributed by atoms with Gasteiger partial charge in [0.25, 0.3) is 0 Å². The zero-order valence-electron chi connectivity index (χ0n) is 10.0. The Morgan fingerprint density at radius 1 is 1.38 bits per heavy atom. The van der Waals surface area contributed by atoms with Crippen molar-refractivity contribution in [2.24, 2.45) is 0 Å². The molecule has 0 heterocycles. The van der Waals surface area contributed by atoms with Crippen LogP contribution in [-0.4, -0.2) is 5.97 Å². The molecule has 0 saturated heterocycles. The quantitative estimate of drug-likeness (QED) is 0.689. The number of carbonyl (C=O) groups excluding carboxylic acids is 1. The number of benzene rings is 1. The molecule has 88 valence electrons. The van der Waals surface area contributed by atoms with Gasteiger partial charge in [-0.05, 0) is 24.0 Å². The molecular weight excluding hydrogens is 200 g/mol. The van der Waals surface area contributed by atoms with Gasteiger partial charge in [-0.1, -0.05) is 51.0 Å². The van der Waals surface area contributed by atoms with Crippen LogP contribution >= 0.6 is 0 Å². The molecule has 0 saturated carbocycles. The van der Waals surface area contributed by atoms with Gasteiger partial charge < -0.3 is 9.90 Å². The molecule has 0 aliphatic heterocycles. The second-order valence-corrected chi connectivity index (χ2v) is 4.24. The zero-order chi connectivity index (χ0) is 12.0. The number of aryl methyl sites for hydroxylation is 1. The molecule has 1 rings (SSSR count). The molecule has 0 amide bonds. The highest BCUT2D eigenvalue weighted by Gasteiger charge is 2.06. The number of aliphatic carboxylic acids is 1. The van der Waals surface area contributed by atoms with E-state index in [4.69, 9.17) is 0 Å². The van der Waals surface area contributed by atoms with Crippen LogP contribution in [0.1, 0.15) is 50.2 Å². The molecular formula is C14H19O2-. The zero-order valence-corrected chi connectivity index (χ0v) is 10.0. The van der Waals surface area contributed by atoms with Gasteiger partial charge in [-0.3, -0.25) is 0 Å². The summed E-state index contributed by atoms with van der Waals surface area (Å²) in [5, 5.41) is 10.8. The Hall–Kier alpha value is -1.31. The van der Waals surface area contributed by atoms with Gasteiger partial charge in [-0.25, -0.2) is 0 Å². The van der Waals surface area contributed by atoms with Gasteiger partial charge in [0.15, 0.2) is 0 Å². The lowest BCUT2D eigenvalue weighted by Gasteiger charge is -2.13. The summed E-state index contributed by atoms with van der Waals surface area (Å²) in [6.45, 7) is 3.84. The number of carbonyl (C=O) groups is 1. The summed E-state index contributed by atoms with van der Waals surface area (Å²) in [4.78, 5) is 10.8. The summed E-state index contributed by atoms with van der Waals surface area (Å²) in [6, 6.07) is 7.82. The lowest BCUT2D eigenvalue weighted by atomic mass is 9.97. The van der Waals surface area contributed by atoms with Crippen LogP contribution in [0.3, 0.4) is 0 Å². The van der Waals surface area contributed by atoms with Gasteiger partial charge in [-0.2, -0.15) is 0 Å². The van der Waals surface area contributed by atoms with E-state index < -0.39 is 11.9 Å². The first-order chi connectivity index (χ1) is 7.65. The van der Waals surface area contributed by atoms with E-state index in [9.17, 15) is 9.90 Å². The van der Waals surface area contributed by atoms with Crippen LogP contribution in [0.4, 0.5) is 0 Å². The maximum Gasteiger partial charge on any atom is 0.0486 e. The van der Waals surface area contributed by atoms with Crippen molar-refractivity contribution in [3.63, 3.8) is 0 Å². The molecule has 0 fully saturated rings. The second kappa shape index (κ2) is 6.31. The minimum absolute atomic E-state index is 0.522.